The van der Waals surface area contributed by atoms with Crippen molar-refractivity contribution in [2.75, 3.05) is 27.2 Å². The topological polar surface area (TPSA) is 15.3 Å². The molecular formula is C15H32N2. The molecule has 2 nitrogen and oxygen atoms in total. The smallest absolute Gasteiger partial charge is 0.0189 e. The van der Waals surface area contributed by atoms with E-state index in [1.807, 2.05) is 0 Å². The van der Waals surface area contributed by atoms with E-state index in [2.05, 4.69) is 65.0 Å². The molecule has 0 aromatic rings. The maximum absolute atomic E-state index is 3.48. The highest BCUT2D eigenvalue weighted by Gasteiger charge is 2.07. The summed E-state index contributed by atoms with van der Waals surface area (Å²) in [4.78, 5) is 2.25. The fraction of sp³-hybridized carbons (Fsp3) is 0.867. The summed E-state index contributed by atoms with van der Waals surface area (Å²) < 4.78 is 0. The Labute approximate surface area is 108 Å². The van der Waals surface area contributed by atoms with Crippen molar-refractivity contribution in [1.29, 1.82) is 0 Å². The van der Waals surface area contributed by atoms with Gasteiger partial charge in [-0.15, -0.1) is 0 Å². The van der Waals surface area contributed by atoms with E-state index < -0.39 is 0 Å². The highest BCUT2D eigenvalue weighted by atomic mass is 15.0. The quantitative estimate of drug-likeness (QED) is 0.656. The third kappa shape index (κ3) is 9.37. The normalized spacial score (nSPS) is 15.1. The molecule has 0 aromatic heterocycles. The standard InChI is InChI=1S/C15H32N2/c1-12(2)15(11-17(6)7)10-14(5)8-9-16-13(3)4/h10,12-14,16H,8-9,11H2,1-7H3. The van der Waals surface area contributed by atoms with E-state index in [9.17, 15) is 0 Å². The molecule has 0 aliphatic heterocycles. The summed E-state index contributed by atoms with van der Waals surface area (Å²) in [5, 5.41) is 3.48. The van der Waals surface area contributed by atoms with Gasteiger partial charge in [0.2, 0.25) is 0 Å². The summed E-state index contributed by atoms with van der Waals surface area (Å²) in [5.41, 5.74) is 1.56. The van der Waals surface area contributed by atoms with Gasteiger partial charge in [0.15, 0.2) is 0 Å². The summed E-state index contributed by atoms with van der Waals surface area (Å²) in [6.45, 7) is 13.5. The summed E-state index contributed by atoms with van der Waals surface area (Å²) >= 11 is 0. The van der Waals surface area contributed by atoms with Crippen LogP contribution in [0.3, 0.4) is 0 Å². The number of likely N-dealkylation sites (N-methyl/N-ethyl adjacent to an activating group) is 1. The minimum absolute atomic E-state index is 0.595. The SMILES string of the molecule is CC(C=C(CN(C)C)C(C)C)CCNC(C)C. The fourth-order valence-electron chi connectivity index (χ4n) is 1.84. The second kappa shape index (κ2) is 8.71. The van der Waals surface area contributed by atoms with Gasteiger partial charge in [0, 0.05) is 12.6 Å². The first kappa shape index (κ1) is 16.7. The van der Waals surface area contributed by atoms with Crippen LogP contribution in [0.4, 0.5) is 0 Å². The number of allylic oxidation sites excluding steroid dienone is 1. The monoisotopic (exact) mass is 240 g/mol. The molecule has 0 amide bonds. The first-order chi connectivity index (χ1) is 7.82. The molecule has 0 fully saturated rings. The largest absolute Gasteiger partial charge is 0.315 e. The summed E-state index contributed by atoms with van der Waals surface area (Å²) in [7, 11) is 4.28. The predicted molar refractivity (Wildman–Crippen MR) is 78.4 cm³/mol. The Kier molecular flexibility index (Phi) is 8.53. The van der Waals surface area contributed by atoms with Crippen LogP contribution in [0.1, 0.15) is 41.0 Å². The van der Waals surface area contributed by atoms with Crippen LogP contribution in [0.2, 0.25) is 0 Å². The van der Waals surface area contributed by atoms with E-state index in [1.54, 1.807) is 5.57 Å². The van der Waals surface area contributed by atoms with Gasteiger partial charge in [-0.05, 0) is 38.9 Å². The highest BCUT2D eigenvalue weighted by molar-refractivity contribution is 5.08. The maximum Gasteiger partial charge on any atom is 0.0189 e. The van der Waals surface area contributed by atoms with Crippen molar-refractivity contribution < 1.29 is 0 Å². The Bertz CT molecular complexity index is 217. The molecule has 0 aliphatic rings. The zero-order valence-corrected chi connectivity index (χ0v) is 12.9. The van der Waals surface area contributed by atoms with Crippen LogP contribution in [-0.2, 0) is 0 Å². The maximum atomic E-state index is 3.48. The number of nitrogens with zero attached hydrogens (tertiary/aromatic N) is 1. The molecule has 0 aliphatic carbocycles. The lowest BCUT2D eigenvalue weighted by molar-refractivity contribution is 0.424. The van der Waals surface area contributed by atoms with Gasteiger partial charge in [0.25, 0.3) is 0 Å². The van der Waals surface area contributed by atoms with E-state index in [0.717, 1.165) is 13.1 Å². The van der Waals surface area contributed by atoms with Crippen LogP contribution in [0.15, 0.2) is 11.6 Å². The van der Waals surface area contributed by atoms with Crippen molar-refractivity contribution >= 4 is 0 Å². The Morgan fingerprint density at radius 1 is 1.12 bits per heavy atom. The average molecular weight is 240 g/mol. The van der Waals surface area contributed by atoms with Crippen molar-refractivity contribution in [3.63, 3.8) is 0 Å². The van der Waals surface area contributed by atoms with E-state index in [0.29, 0.717) is 17.9 Å². The lowest BCUT2D eigenvalue weighted by Gasteiger charge is -2.19. The average Bonchev–Trinajstić information content (AvgIpc) is 2.15. The number of nitrogens with one attached hydrogen (secondary N) is 1. The second-order valence-electron chi connectivity index (χ2n) is 6.01. The zero-order chi connectivity index (χ0) is 13.4. The summed E-state index contributed by atoms with van der Waals surface area (Å²) in [5.74, 6) is 1.32. The van der Waals surface area contributed by atoms with Gasteiger partial charge in [-0.25, -0.2) is 0 Å². The molecule has 0 saturated carbocycles. The minimum Gasteiger partial charge on any atom is -0.315 e. The van der Waals surface area contributed by atoms with Gasteiger partial charge in [0.1, 0.15) is 0 Å². The molecule has 0 radical (unpaired) electrons. The van der Waals surface area contributed by atoms with Crippen molar-refractivity contribution in [2.24, 2.45) is 11.8 Å². The zero-order valence-electron chi connectivity index (χ0n) is 12.9. The van der Waals surface area contributed by atoms with Crippen molar-refractivity contribution in [2.45, 2.75) is 47.1 Å². The summed E-state index contributed by atoms with van der Waals surface area (Å²) in [6.07, 6.45) is 3.69. The number of hydrogen-bond donors (Lipinski definition) is 1. The Morgan fingerprint density at radius 2 is 1.71 bits per heavy atom. The molecule has 17 heavy (non-hydrogen) atoms. The van der Waals surface area contributed by atoms with Crippen LogP contribution in [-0.4, -0.2) is 38.1 Å². The van der Waals surface area contributed by atoms with Crippen molar-refractivity contribution in [3.8, 4) is 0 Å². The molecule has 2 heteroatoms. The van der Waals surface area contributed by atoms with Gasteiger partial charge in [-0.2, -0.15) is 0 Å². The van der Waals surface area contributed by atoms with Crippen molar-refractivity contribution in [1.82, 2.24) is 10.2 Å². The molecule has 1 unspecified atom stereocenters. The Morgan fingerprint density at radius 3 is 2.12 bits per heavy atom. The van der Waals surface area contributed by atoms with Crippen molar-refractivity contribution in [3.05, 3.63) is 11.6 Å². The van der Waals surface area contributed by atoms with E-state index in [4.69, 9.17) is 0 Å². The van der Waals surface area contributed by atoms with Crippen LogP contribution >= 0.6 is 0 Å². The first-order valence-electron chi connectivity index (χ1n) is 6.91. The van der Waals surface area contributed by atoms with Gasteiger partial charge in [0.05, 0.1) is 0 Å². The van der Waals surface area contributed by atoms with Crippen LogP contribution in [0.5, 0.6) is 0 Å². The molecule has 0 heterocycles. The molecule has 1 atom stereocenters. The Hall–Kier alpha value is -0.340. The third-order valence-electron chi connectivity index (χ3n) is 2.89. The molecule has 1 N–H and O–H groups in total. The lowest BCUT2D eigenvalue weighted by atomic mass is 9.96. The lowest BCUT2D eigenvalue weighted by Crippen LogP contribution is -2.25. The number of rotatable bonds is 8. The molecule has 0 bridgehead atoms. The molecule has 0 spiro atoms. The van der Waals surface area contributed by atoms with Crippen LogP contribution < -0.4 is 5.32 Å². The van der Waals surface area contributed by atoms with Gasteiger partial charge in [-0.3, -0.25) is 0 Å². The molecule has 0 saturated heterocycles. The van der Waals surface area contributed by atoms with Gasteiger partial charge in [-0.1, -0.05) is 46.3 Å². The molecule has 0 aromatic carbocycles. The van der Waals surface area contributed by atoms with Gasteiger partial charge < -0.3 is 10.2 Å². The fourth-order valence-corrected chi connectivity index (χ4v) is 1.84. The highest BCUT2D eigenvalue weighted by Crippen LogP contribution is 2.15. The first-order valence-corrected chi connectivity index (χ1v) is 6.91. The third-order valence-corrected chi connectivity index (χ3v) is 2.89. The summed E-state index contributed by atoms with van der Waals surface area (Å²) in [6, 6.07) is 0.595. The molecule has 102 valence electrons. The molecular weight excluding hydrogens is 208 g/mol. The van der Waals surface area contributed by atoms with Crippen LogP contribution in [0.25, 0.3) is 0 Å². The predicted octanol–water partition coefficient (Wildman–Crippen LogP) is 3.15. The van der Waals surface area contributed by atoms with E-state index in [1.165, 1.54) is 6.42 Å². The van der Waals surface area contributed by atoms with E-state index >= 15 is 0 Å². The van der Waals surface area contributed by atoms with Crippen LogP contribution in [0, 0.1) is 11.8 Å². The number of hydrogen-bond acceptors (Lipinski definition) is 2. The minimum atomic E-state index is 0.595. The van der Waals surface area contributed by atoms with Gasteiger partial charge >= 0.3 is 0 Å². The molecule has 0 rings (SSSR count). The second-order valence-corrected chi connectivity index (χ2v) is 6.01. The Balaban J connectivity index is 4.19. The van der Waals surface area contributed by atoms with E-state index in [-0.39, 0.29) is 0 Å².